The maximum absolute atomic E-state index is 12.7. The van der Waals surface area contributed by atoms with E-state index in [4.69, 9.17) is 0 Å². The second kappa shape index (κ2) is 6.79. The highest BCUT2D eigenvalue weighted by atomic mass is 32.2. The van der Waals surface area contributed by atoms with Crippen LogP contribution in [0.2, 0.25) is 0 Å². The summed E-state index contributed by atoms with van der Waals surface area (Å²) in [5, 5.41) is 2.82. The Balaban J connectivity index is 2.29. The third-order valence-electron chi connectivity index (χ3n) is 3.80. The van der Waals surface area contributed by atoms with Gasteiger partial charge in [-0.2, -0.15) is 4.31 Å². The Bertz CT molecular complexity index is 647. The van der Waals surface area contributed by atoms with Crippen LogP contribution in [0.15, 0.2) is 23.1 Å². The van der Waals surface area contributed by atoms with Gasteiger partial charge in [0.1, 0.15) is 0 Å². The molecule has 22 heavy (non-hydrogen) atoms. The predicted molar refractivity (Wildman–Crippen MR) is 86.3 cm³/mol. The fourth-order valence-electron chi connectivity index (χ4n) is 2.49. The van der Waals surface area contributed by atoms with Crippen molar-refractivity contribution in [3.05, 3.63) is 29.3 Å². The third-order valence-corrected chi connectivity index (χ3v) is 5.84. The zero-order chi connectivity index (χ0) is 16.3. The van der Waals surface area contributed by atoms with Crippen LogP contribution in [-0.4, -0.2) is 38.3 Å². The highest BCUT2D eigenvalue weighted by Crippen LogP contribution is 2.24. The molecule has 0 aliphatic carbocycles. The number of carbonyl (C=O) groups excluding carboxylic acids is 1. The molecule has 0 saturated carbocycles. The standard InChI is InChI=1S/C16H24N2O3S/c1-12(2)11-17-16(19)14-7-6-13(3)15(10-14)22(20,21)18-8-4-5-9-18/h6-7,10,12H,4-5,8-9,11H2,1-3H3,(H,17,19). The minimum absolute atomic E-state index is 0.230. The molecule has 1 saturated heterocycles. The van der Waals surface area contributed by atoms with Gasteiger partial charge in [-0.3, -0.25) is 4.79 Å². The van der Waals surface area contributed by atoms with Crippen molar-refractivity contribution in [2.45, 2.75) is 38.5 Å². The molecule has 1 aliphatic rings. The van der Waals surface area contributed by atoms with E-state index in [1.165, 1.54) is 10.4 Å². The van der Waals surface area contributed by atoms with Gasteiger partial charge in [0.25, 0.3) is 5.91 Å². The van der Waals surface area contributed by atoms with Crippen molar-refractivity contribution >= 4 is 15.9 Å². The first-order valence-electron chi connectivity index (χ1n) is 7.71. The molecule has 6 heteroatoms. The molecular formula is C16H24N2O3S. The average molecular weight is 324 g/mol. The van der Waals surface area contributed by atoms with Crippen LogP contribution < -0.4 is 5.32 Å². The van der Waals surface area contributed by atoms with Gasteiger partial charge in [0.2, 0.25) is 10.0 Å². The molecule has 0 aromatic heterocycles. The van der Waals surface area contributed by atoms with E-state index in [-0.39, 0.29) is 10.8 Å². The summed E-state index contributed by atoms with van der Waals surface area (Å²) in [6, 6.07) is 4.87. The van der Waals surface area contributed by atoms with Gasteiger partial charge >= 0.3 is 0 Å². The van der Waals surface area contributed by atoms with E-state index in [1.807, 2.05) is 13.8 Å². The average Bonchev–Trinajstić information content (AvgIpc) is 3.00. The molecule has 1 N–H and O–H groups in total. The topological polar surface area (TPSA) is 66.5 Å². The van der Waals surface area contributed by atoms with E-state index < -0.39 is 10.0 Å². The molecule has 1 aromatic carbocycles. The van der Waals surface area contributed by atoms with E-state index >= 15 is 0 Å². The van der Waals surface area contributed by atoms with Gasteiger partial charge in [-0.15, -0.1) is 0 Å². The smallest absolute Gasteiger partial charge is 0.251 e. The summed E-state index contributed by atoms with van der Waals surface area (Å²) in [4.78, 5) is 12.4. The molecule has 0 unspecified atom stereocenters. The van der Waals surface area contributed by atoms with Gasteiger partial charge in [-0.25, -0.2) is 8.42 Å². The number of nitrogens with zero attached hydrogens (tertiary/aromatic N) is 1. The Morgan fingerprint density at radius 3 is 2.50 bits per heavy atom. The molecule has 0 bridgehead atoms. The quantitative estimate of drug-likeness (QED) is 0.902. The van der Waals surface area contributed by atoms with Crippen molar-refractivity contribution in [1.82, 2.24) is 9.62 Å². The lowest BCUT2D eigenvalue weighted by Gasteiger charge is -2.18. The largest absolute Gasteiger partial charge is 0.352 e. The number of rotatable bonds is 5. The van der Waals surface area contributed by atoms with Crippen molar-refractivity contribution < 1.29 is 13.2 Å². The summed E-state index contributed by atoms with van der Waals surface area (Å²) in [5.74, 6) is 0.119. The van der Waals surface area contributed by atoms with E-state index in [1.54, 1.807) is 19.1 Å². The molecule has 0 atom stereocenters. The lowest BCUT2D eigenvalue weighted by atomic mass is 10.1. The molecule has 1 heterocycles. The normalized spacial score (nSPS) is 16.2. The number of sulfonamides is 1. The molecule has 0 spiro atoms. The summed E-state index contributed by atoms with van der Waals surface area (Å²) in [7, 11) is -3.50. The van der Waals surface area contributed by atoms with Gasteiger partial charge in [0, 0.05) is 25.2 Å². The van der Waals surface area contributed by atoms with Crippen LogP contribution in [0, 0.1) is 12.8 Å². The van der Waals surface area contributed by atoms with E-state index in [0.717, 1.165) is 12.8 Å². The molecule has 1 fully saturated rings. The number of aryl methyl sites for hydroxylation is 1. The first-order valence-corrected chi connectivity index (χ1v) is 9.15. The van der Waals surface area contributed by atoms with Crippen molar-refractivity contribution in [3.63, 3.8) is 0 Å². The number of hydrogen-bond donors (Lipinski definition) is 1. The van der Waals surface area contributed by atoms with E-state index in [0.29, 0.717) is 36.7 Å². The Hall–Kier alpha value is -1.40. The number of benzene rings is 1. The molecule has 1 aromatic rings. The highest BCUT2D eigenvalue weighted by Gasteiger charge is 2.29. The Morgan fingerprint density at radius 1 is 1.27 bits per heavy atom. The van der Waals surface area contributed by atoms with Gasteiger partial charge in [-0.1, -0.05) is 19.9 Å². The maximum Gasteiger partial charge on any atom is 0.251 e. The zero-order valence-corrected chi connectivity index (χ0v) is 14.2. The minimum atomic E-state index is -3.50. The summed E-state index contributed by atoms with van der Waals surface area (Å²) < 4.78 is 26.9. The van der Waals surface area contributed by atoms with Crippen LogP contribution in [0.5, 0.6) is 0 Å². The first kappa shape index (κ1) is 17.0. The van der Waals surface area contributed by atoms with Crippen LogP contribution in [-0.2, 0) is 10.0 Å². The lowest BCUT2D eigenvalue weighted by Crippen LogP contribution is -2.30. The number of amides is 1. The van der Waals surface area contributed by atoms with Gasteiger partial charge in [0.05, 0.1) is 4.90 Å². The molecule has 122 valence electrons. The fraction of sp³-hybridized carbons (Fsp3) is 0.562. The molecule has 2 rings (SSSR count). The third kappa shape index (κ3) is 3.67. The van der Waals surface area contributed by atoms with Crippen LogP contribution >= 0.6 is 0 Å². The molecule has 1 amide bonds. The molecule has 0 radical (unpaired) electrons. The lowest BCUT2D eigenvalue weighted by molar-refractivity contribution is 0.0949. The minimum Gasteiger partial charge on any atom is -0.352 e. The van der Waals surface area contributed by atoms with Crippen LogP contribution in [0.1, 0.15) is 42.6 Å². The highest BCUT2D eigenvalue weighted by molar-refractivity contribution is 7.89. The second-order valence-electron chi connectivity index (χ2n) is 6.20. The predicted octanol–water partition coefficient (Wildman–Crippen LogP) is 2.17. The van der Waals surface area contributed by atoms with Gasteiger partial charge in [0.15, 0.2) is 0 Å². The van der Waals surface area contributed by atoms with Crippen LogP contribution in [0.3, 0.4) is 0 Å². The summed E-state index contributed by atoms with van der Waals surface area (Å²) in [5.41, 5.74) is 1.07. The Labute approximate surface area is 132 Å². The second-order valence-corrected chi connectivity index (χ2v) is 8.10. The van der Waals surface area contributed by atoms with Crippen molar-refractivity contribution in [2.75, 3.05) is 19.6 Å². The maximum atomic E-state index is 12.7. The SMILES string of the molecule is Cc1ccc(C(=O)NCC(C)C)cc1S(=O)(=O)N1CCCC1. The first-order chi connectivity index (χ1) is 10.3. The number of carbonyl (C=O) groups is 1. The summed E-state index contributed by atoms with van der Waals surface area (Å²) in [6.07, 6.45) is 1.79. The van der Waals surface area contributed by atoms with Crippen LogP contribution in [0.25, 0.3) is 0 Å². The molecule has 5 nitrogen and oxygen atoms in total. The zero-order valence-electron chi connectivity index (χ0n) is 13.4. The monoisotopic (exact) mass is 324 g/mol. The molecular weight excluding hydrogens is 300 g/mol. The van der Waals surface area contributed by atoms with Gasteiger partial charge < -0.3 is 5.32 Å². The summed E-state index contributed by atoms with van der Waals surface area (Å²) in [6.45, 7) is 7.48. The number of nitrogens with one attached hydrogen (secondary N) is 1. The summed E-state index contributed by atoms with van der Waals surface area (Å²) >= 11 is 0. The van der Waals surface area contributed by atoms with Crippen LogP contribution in [0.4, 0.5) is 0 Å². The van der Waals surface area contributed by atoms with Crippen molar-refractivity contribution in [2.24, 2.45) is 5.92 Å². The number of hydrogen-bond acceptors (Lipinski definition) is 3. The Morgan fingerprint density at radius 2 is 1.91 bits per heavy atom. The van der Waals surface area contributed by atoms with E-state index in [2.05, 4.69) is 5.32 Å². The fourth-order valence-corrected chi connectivity index (χ4v) is 4.25. The Kier molecular flexibility index (Phi) is 5.24. The van der Waals surface area contributed by atoms with Crippen molar-refractivity contribution in [3.8, 4) is 0 Å². The van der Waals surface area contributed by atoms with Crippen molar-refractivity contribution in [1.29, 1.82) is 0 Å². The van der Waals surface area contributed by atoms with Gasteiger partial charge in [-0.05, 0) is 43.4 Å². The van der Waals surface area contributed by atoms with E-state index in [9.17, 15) is 13.2 Å². The molecule has 1 aliphatic heterocycles.